The fourth-order valence-corrected chi connectivity index (χ4v) is 3.06. The van der Waals surface area contributed by atoms with Crippen molar-refractivity contribution in [2.24, 2.45) is 5.73 Å². The highest BCUT2D eigenvalue weighted by molar-refractivity contribution is 5.66. The molecule has 2 atom stereocenters. The van der Waals surface area contributed by atoms with Crippen molar-refractivity contribution >= 4 is 5.97 Å². The lowest BCUT2D eigenvalue weighted by Gasteiger charge is -2.18. The number of rotatable bonds is 5. The van der Waals surface area contributed by atoms with Gasteiger partial charge in [0.2, 0.25) is 0 Å². The van der Waals surface area contributed by atoms with Crippen LogP contribution in [0.15, 0.2) is 24.3 Å². The van der Waals surface area contributed by atoms with Crippen LogP contribution in [0, 0.1) is 0 Å². The molecule has 2 rings (SSSR count). The molecule has 0 aromatic heterocycles. The Labute approximate surface area is 126 Å². The Kier molecular flexibility index (Phi) is 5.76. The van der Waals surface area contributed by atoms with Crippen LogP contribution in [-0.2, 0) is 4.79 Å². The number of carboxylic acid groups (broad SMARTS) is 1. The number of hydrogen-bond donors (Lipinski definition) is 2. The predicted molar refractivity (Wildman–Crippen MR) is 84.3 cm³/mol. The highest BCUT2D eigenvalue weighted by atomic mass is 16.4. The molecule has 1 aliphatic rings. The van der Waals surface area contributed by atoms with E-state index in [0.29, 0.717) is 12.3 Å². The SMILES string of the molecule is CN1CCCC(c2cccc(C(N)CCC(=O)O)c2)CC1. The molecule has 1 heterocycles. The maximum absolute atomic E-state index is 10.7. The molecule has 0 radical (unpaired) electrons. The van der Waals surface area contributed by atoms with E-state index in [2.05, 4.69) is 30.1 Å². The smallest absolute Gasteiger partial charge is 0.303 e. The van der Waals surface area contributed by atoms with Gasteiger partial charge < -0.3 is 15.7 Å². The van der Waals surface area contributed by atoms with Crippen LogP contribution in [0.4, 0.5) is 0 Å². The van der Waals surface area contributed by atoms with Gasteiger partial charge in [0, 0.05) is 12.5 Å². The zero-order valence-corrected chi connectivity index (χ0v) is 12.8. The summed E-state index contributed by atoms with van der Waals surface area (Å²) in [5.74, 6) is -0.185. The van der Waals surface area contributed by atoms with Gasteiger partial charge in [0.25, 0.3) is 0 Å². The largest absolute Gasteiger partial charge is 0.481 e. The molecule has 4 nitrogen and oxygen atoms in total. The highest BCUT2D eigenvalue weighted by Crippen LogP contribution is 2.29. The standard InChI is InChI=1S/C17H26N2O2/c1-19-10-3-6-13(9-11-19)14-4-2-5-15(12-14)16(18)7-8-17(20)21/h2,4-5,12-13,16H,3,6-11,18H2,1H3,(H,20,21). The second-order valence-corrected chi connectivity index (χ2v) is 6.14. The van der Waals surface area contributed by atoms with E-state index in [1.807, 2.05) is 6.07 Å². The number of nitrogens with zero attached hydrogens (tertiary/aromatic N) is 1. The lowest BCUT2D eigenvalue weighted by atomic mass is 9.89. The molecule has 3 N–H and O–H groups in total. The van der Waals surface area contributed by atoms with Gasteiger partial charge in [0.1, 0.15) is 0 Å². The molecule has 1 saturated heterocycles. The molecule has 116 valence electrons. The first-order chi connectivity index (χ1) is 10.1. The molecule has 0 saturated carbocycles. The Balaban J connectivity index is 2.04. The summed E-state index contributed by atoms with van der Waals surface area (Å²) in [5.41, 5.74) is 8.54. The minimum atomic E-state index is -0.784. The topological polar surface area (TPSA) is 66.6 Å². The lowest BCUT2D eigenvalue weighted by molar-refractivity contribution is -0.137. The normalized spacial score (nSPS) is 21.7. The van der Waals surface area contributed by atoms with Crippen LogP contribution >= 0.6 is 0 Å². The van der Waals surface area contributed by atoms with Gasteiger partial charge in [-0.05, 0) is 62.9 Å². The van der Waals surface area contributed by atoms with Gasteiger partial charge in [-0.1, -0.05) is 24.3 Å². The average molecular weight is 290 g/mol. The van der Waals surface area contributed by atoms with Crippen LogP contribution in [-0.4, -0.2) is 36.1 Å². The Hall–Kier alpha value is -1.39. The van der Waals surface area contributed by atoms with Crippen LogP contribution in [0.1, 0.15) is 55.2 Å². The van der Waals surface area contributed by atoms with Crippen molar-refractivity contribution in [2.75, 3.05) is 20.1 Å². The molecule has 0 aliphatic carbocycles. The first kappa shape index (κ1) is 16.0. The summed E-state index contributed by atoms with van der Waals surface area (Å²) < 4.78 is 0. The van der Waals surface area contributed by atoms with Crippen LogP contribution in [0.5, 0.6) is 0 Å². The first-order valence-electron chi connectivity index (χ1n) is 7.82. The third kappa shape index (κ3) is 4.83. The minimum absolute atomic E-state index is 0.125. The molecule has 4 heteroatoms. The van der Waals surface area contributed by atoms with Crippen LogP contribution in [0.25, 0.3) is 0 Å². The molecule has 1 fully saturated rings. The monoisotopic (exact) mass is 290 g/mol. The Bertz CT molecular complexity index is 476. The van der Waals surface area contributed by atoms with Gasteiger partial charge in [-0.15, -0.1) is 0 Å². The lowest BCUT2D eigenvalue weighted by Crippen LogP contribution is -2.18. The summed E-state index contributed by atoms with van der Waals surface area (Å²) in [6.45, 7) is 2.31. The van der Waals surface area contributed by atoms with Crippen molar-refractivity contribution in [1.29, 1.82) is 0 Å². The maximum atomic E-state index is 10.7. The first-order valence-corrected chi connectivity index (χ1v) is 7.82. The zero-order valence-electron chi connectivity index (χ0n) is 12.8. The zero-order chi connectivity index (χ0) is 15.2. The third-order valence-corrected chi connectivity index (χ3v) is 4.43. The van der Waals surface area contributed by atoms with Gasteiger partial charge in [0.05, 0.1) is 0 Å². The Morgan fingerprint density at radius 2 is 2.24 bits per heavy atom. The quantitative estimate of drug-likeness (QED) is 0.875. The van der Waals surface area contributed by atoms with Crippen molar-refractivity contribution in [2.45, 2.75) is 44.1 Å². The van der Waals surface area contributed by atoms with E-state index in [1.54, 1.807) is 0 Å². The molecule has 1 aromatic rings. The molecule has 0 spiro atoms. The number of carboxylic acids is 1. The van der Waals surface area contributed by atoms with Gasteiger partial charge in [-0.25, -0.2) is 0 Å². The number of hydrogen-bond acceptors (Lipinski definition) is 3. The third-order valence-electron chi connectivity index (χ3n) is 4.43. The molecule has 1 aromatic carbocycles. The number of likely N-dealkylation sites (tertiary alicyclic amines) is 1. The van der Waals surface area contributed by atoms with Crippen LogP contribution in [0.2, 0.25) is 0 Å². The van der Waals surface area contributed by atoms with Crippen molar-refractivity contribution in [3.05, 3.63) is 35.4 Å². The highest BCUT2D eigenvalue weighted by Gasteiger charge is 2.17. The van der Waals surface area contributed by atoms with Crippen LogP contribution in [0.3, 0.4) is 0 Å². The van der Waals surface area contributed by atoms with Crippen LogP contribution < -0.4 is 5.73 Å². The van der Waals surface area contributed by atoms with Gasteiger partial charge in [-0.2, -0.15) is 0 Å². The second-order valence-electron chi connectivity index (χ2n) is 6.14. The second kappa shape index (κ2) is 7.57. The summed E-state index contributed by atoms with van der Waals surface area (Å²) in [7, 11) is 2.18. The molecular weight excluding hydrogens is 264 g/mol. The molecule has 1 aliphatic heterocycles. The molecule has 0 bridgehead atoms. The number of carbonyl (C=O) groups is 1. The summed E-state index contributed by atoms with van der Waals surface area (Å²) in [4.78, 5) is 13.0. The van der Waals surface area contributed by atoms with E-state index in [0.717, 1.165) is 12.1 Å². The maximum Gasteiger partial charge on any atom is 0.303 e. The van der Waals surface area contributed by atoms with E-state index in [9.17, 15) is 4.79 Å². The Morgan fingerprint density at radius 3 is 3.00 bits per heavy atom. The van der Waals surface area contributed by atoms with Gasteiger partial charge >= 0.3 is 5.97 Å². The van der Waals surface area contributed by atoms with Crippen molar-refractivity contribution in [3.63, 3.8) is 0 Å². The number of benzene rings is 1. The molecular formula is C17H26N2O2. The number of nitrogens with two attached hydrogens (primary N) is 1. The fraction of sp³-hybridized carbons (Fsp3) is 0.588. The molecule has 21 heavy (non-hydrogen) atoms. The van der Waals surface area contributed by atoms with E-state index in [-0.39, 0.29) is 12.5 Å². The summed E-state index contributed by atoms with van der Waals surface area (Å²) in [5, 5.41) is 8.76. The average Bonchev–Trinajstić information content (AvgIpc) is 2.69. The summed E-state index contributed by atoms with van der Waals surface area (Å²) in [6.07, 6.45) is 4.25. The predicted octanol–water partition coefficient (Wildman–Crippen LogP) is 2.75. The minimum Gasteiger partial charge on any atom is -0.481 e. The Morgan fingerprint density at radius 1 is 1.43 bits per heavy atom. The fourth-order valence-electron chi connectivity index (χ4n) is 3.06. The van der Waals surface area contributed by atoms with Crippen molar-refractivity contribution in [3.8, 4) is 0 Å². The van der Waals surface area contributed by atoms with Crippen molar-refractivity contribution < 1.29 is 9.90 Å². The van der Waals surface area contributed by atoms with E-state index >= 15 is 0 Å². The van der Waals surface area contributed by atoms with Crippen molar-refractivity contribution in [1.82, 2.24) is 4.90 Å². The van der Waals surface area contributed by atoms with Gasteiger partial charge in [-0.3, -0.25) is 4.79 Å². The summed E-state index contributed by atoms with van der Waals surface area (Å²) in [6, 6.07) is 8.25. The summed E-state index contributed by atoms with van der Waals surface area (Å²) >= 11 is 0. The number of aliphatic carboxylic acids is 1. The van der Waals surface area contributed by atoms with E-state index in [4.69, 9.17) is 10.8 Å². The molecule has 0 amide bonds. The van der Waals surface area contributed by atoms with E-state index < -0.39 is 5.97 Å². The van der Waals surface area contributed by atoms with E-state index in [1.165, 1.54) is 31.4 Å². The van der Waals surface area contributed by atoms with Gasteiger partial charge in [0.15, 0.2) is 0 Å². The molecule has 2 unspecified atom stereocenters.